The molecule has 3 aromatic rings. The third-order valence-corrected chi connectivity index (χ3v) is 4.65. The van der Waals surface area contributed by atoms with Gasteiger partial charge in [0.15, 0.2) is 5.82 Å². The van der Waals surface area contributed by atoms with E-state index >= 15 is 0 Å². The minimum atomic E-state index is 0.581. The van der Waals surface area contributed by atoms with Gasteiger partial charge in [-0.1, -0.05) is 0 Å². The number of rotatable bonds is 5. The summed E-state index contributed by atoms with van der Waals surface area (Å²) in [6.07, 6.45) is 7.61. The summed E-state index contributed by atoms with van der Waals surface area (Å²) in [7, 11) is 1.61. The van der Waals surface area contributed by atoms with Crippen molar-refractivity contribution in [2.45, 2.75) is 12.8 Å². The van der Waals surface area contributed by atoms with E-state index in [4.69, 9.17) is 9.72 Å². The number of hydrogen-bond acceptors (Lipinski definition) is 7. The Labute approximate surface area is 152 Å². The molecule has 0 aromatic carbocycles. The van der Waals surface area contributed by atoms with Crippen LogP contribution < -0.4 is 15.4 Å². The summed E-state index contributed by atoms with van der Waals surface area (Å²) in [6, 6.07) is 5.73. The van der Waals surface area contributed by atoms with Crippen LogP contribution in [-0.4, -0.2) is 46.7 Å². The fourth-order valence-electron chi connectivity index (χ4n) is 3.23. The molecule has 3 aromatic heterocycles. The monoisotopic (exact) mass is 350 g/mol. The molecular weight excluding hydrogens is 328 g/mol. The lowest BCUT2D eigenvalue weighted by molar-refractivity contribution is 0.392. The molecule has 1 unspecified atom stereocenters. The molecular formula is C19H22N6O. The van der Waals surface area contributed by atoms with Gasteiger partial charge in [0.2, 0.25) is 5.88 Å². The van der Waals surface area contributed by atoms with Crippen molar-refractivity contribution in [3.05, 3.63) is 36.8 Å². The van der Waals surface area contributed by atoms with Crippen molar-refractivity contribution in [3.63, 3.8) is 0 Å². The van der Waals surface area contributed by atoms with Gasteiger partial charge in [-0.25, -0.2) is 15.0 Å². The Kier molecular flexibility index (Phi) is 4.88. The number of anilines is 1. The molecule has 4 rings (SSSR count). The maximum atomic E-state index is 5.13. The number of pyridine rings is 2. The Morgan fingerprint density at radius 3 is 2.92 bits per heavy atom. The summed E-state index contributed by atoms with van der Waals surface area (Å²) in [5.41, 5.74) is 3.34. The van der Waals surface area contributed by atoms with E-state index in [0.717, 1.165) is 47.7 Å². The van der Waals surface area contributed by atoms with Crippen LogP contribution in [0.25, 0.3) is 22.3 Å². The van der Waals surface area contributed by atoms with Gasteiger partial charge in [0.05, 0.1) is 18.3 Å². The maximum Gasteiger partial charge on any atom is 0.212 e. The smallest absolute Gasteiger partial charge is 0.212 e. The van der Waals surface area contributed by atoms with Gasteiger partial charge in [-0.3, -0.25) is 4.98 Å². The fraction of sp³-hybridized carbons (Fsp3) is 0.368. The number of piperidine rings is 1. The molecule has 7 heteroatoms. The van der Waals surface area contributed by atoms with Crippen molar-refractivity contribution in [3.8, 4) is 17.1 Å². The largest absolute Gasteiger partial charge is 0.481 e. The van der Waals surface area contributed by atoms with Gasteiger partial charge in [0.1, 0.15) is 5.52 Å². The van der Waals surface area contributed by atoms with Gasteiger partial charge >= 0.3 is 0 Å². The normalized spacial score (nSPS) is 17.2. The summed E-state index contributed by atoms with van der Waals surface area (Å²) in [6.45, 7) is 3.03. The van der Waals surface area contributed by atoms with Crippen molar-refractivity contribution in [2.75, 3.05) is 32.1 Å². The van der Waals surface area contributed by atoms with E-state index < -0.39 is 0 Å². The third-order valence-electron chi connectivity index (χ3n) is 4.65. The van der Waals surface area contributed by atoms with Gasteiger partial charge in [-0.2, -0.15) is 0 Å². The molecule has 1 aliphatic rings. The van der Waals surface area contributed by atoms with Crippen LogP contribution in [0.15, 0.2) is 36.8 Å². The van der Waals surface area contributed by atoms with E-state index in [2.05, 4.69) is 25.6 Å². The van der Waals surface area contributed by atoms with Crippen molar-refractivity contribution in [1.29, 1.82) is 0 Å². The Morgan fingerprint density at radius 1 is 1.23 bits per heavy atom. The summed E-state index contributed by atoms with van der Waals surface area (Å²) in [5, 5.41) is 6.94. The topological polar surface area (TPSA) is 84.9 Å². The second-order valence-electron chi connectivity index (χ2n) is 6.46. The Hall–Kier alpha value is -2.80. The highest BCUT2D eigenvalue weighted by molar-refractivity contribution is 5.88. The van der Waals surface area contributed by atoms with E-state index in [9.17, 15) is 0 Å². The SMILES string of the molecule is COc1ccc(-c2cc3nccnc3c(NCC3CCCNC3)n2)cn1. The molecule has 1 saturated heterocycles. The predicted octanol–water partition coefficient (Wildman–Crippen LogP) is 2.51. The number of aromatic nitrogens is 4. The highest BCUT2D eigenvalue weighted by Crippen LogP contribution is 2.26. The van der Waals surface area contributed by atoms with E-state index in [0.29, 0.717) is 11.8 Å². The van der Waals surface area contributed by atoms with Gasteiger partial charge < -0.3 is 15.4 Å². The molecule has 7 nitrogen and oxygen atoms in total. The average molecular weight is 350 g/mol. The second-order valence-corrected chi connectivity index (χ2v) is 6.46. The molecule has 134 valence electrons. The maximum absolute atomic E-state index is 5.13. The number of ether oxygens (including phenoxy) is 1. The molecule has 1 aliphatic heterocycles. The van der Waals surface area contributed by atoms with Crippen LogP contribution in [0.2, 0.25) is 0 Å². The lowest BCUT2D eigenvalue weighted by Gasteiger charge is -2.23. The first-order chi connectivity index (χ1) is 12.8. The zero-order chi connectivity index (χ0) is 17.8. The van der Waals surface area contributed by atoms with Gasteiger partial charge in [0, 0.05) is 36.8 Å². The Morgan fingerprint density at radius 2 is 2.15 bits per heavy atom. The molecule has 0 spiro atoms. The first-order valence-electron chi connectivity index (χ1n) is 8.90. The molecule has 26 heavy (non-hydrogen) atoms. The minimum Gasteiger partial charge on any atom is -0.481 e. The van der Waals surface area contributed by atoms with Crippen LogP contribution in [0.5, 0.6) is 5.88 Å². The fourth-order valence-corrected chi connectivity index (χ4v) is 3.23. The van der Waals surface area contributed by atoms with Crippen LogP contribution in [0.1, 0.15) is 12.8 Å². The number of nitrogens with one attached hydrogen (secondary N) is 2. The first kappa shape index (κ1) is 16.7. The molecule has 2 N–H and O–H groups in total. The minimum absolute atomic E-state index is 0.581. The van der Waals surface area contributed by atoms with Crippen LogP contribution in [0.4, 0.5) is 5.82 Å². The predicted molar refractivity (Wildman–Crippen MR) is 101 cm³/mol. The summed E-state index contributed by atoms with van der Waals surface area (Å²) < 4.78 is 5.13. The second kappa shape index (κ2) is 7.61. The zero-order valence-corrected chi connectivity index (χ0v) is 14.8. The average Bonchev–Trinajstić information content (AvgIpc) is 2.72. The van der Waals surface area contributed by atoms with E-state index in [1.165, 1.54) is 12.8 Å². The van der Waals surface area contributed by atoms with E-state index in [-0.39, 0.29) is 0 Å². The quantitative estimate of drug-likeness (QED) is 0.731. The third kappa shape index (κ3) is 3.57. The molecule has 0 aliphatic carbocycles. The standard InChI is InChI=1S/C19H22N6O/c1-26-17-5-4-14(12-23-17)15-9-16-18(22-8-7-21-16)19(25-15)24-11-13-3-2-6-20-10-13/h4-5,7-9,12-13,20H,2-3,6,10-11H2,1H3,(H,24,25). The van der Waals surface area contributed by atoms with Crippen LogP contribution in [0, 0.1) is 5.92 Å². The van der Waals surface area contributed by atoms with Crippen molar-refractivity contribution in [1.82, 2.24) is 25.3 Å². The van der Waals surface area contributed by atoms with Gasteiger partial charge in [-0.15, -0.1) is 0 Å². The van der Waals surface area contributed by atoms with Crippen LogP contribution >= 0.6 is 0 Å². The molecule has 0 saturated carbocycles. The molecule has 1 fully saturated rings. The summed E-state index contributed by atoms with van der Waals surface area (Å²) in [4.78, 5) is 18.0. The zero-order valence-electron chi connectivity index (χ0n) is 14.8. The van der Waals surface area contributed by atoms with E-state index in [1.807, 2.05) is 18.2 Å². The number of methoxy groups -OCH3 is 1. The Balaban J connectivity index is 1.65. The number of hydrogen-bond donors (Lipinski definition) is 2. The number of nitrogens with zero attached hydrogens (tertiary/aromatic N) is 4. The van der Waals surface area contributed by atoms with E-state index in [1.54, 1.807) is 25.7 Å². The summed E-state index contributed by atoms with van der Waals surface area (Å²) >= 11 is 0. The van der Waals surface area contributed by atoms with Crippen LogP contribution in [-0.2, 0) is 0 Å². The van der Waals surface area contributed by atoms with Crippen molar-refractivity contribution in [2.24, 2.45) is 5.92 Å². The van der Waals surface area contributed by atoms with Crippen LogP contribution in [0.3, 0.4) is 0 Å². The molecule has 0 radical (unpaired) electrons. The molecule has 0 amide bonds. The van der Waals surface area contributed by atoms with Crippen molar-refractivity contribution < 1.29 is 4.74 Å². The highest BCUT2D eigenvalue weighted by atomic mass is 16.5. The highest BCUT2D eigenvalue weighted by Gasteiger charge is 2.15. The number of fused-ring (bicyclic) bond motifs is 1. The van der Waals surface area contributed by atoms with Gasteiger partial charge in [-0.05, 0) is 44.0 Å². The lowest BCUT2D eigenvalue weighted by atomic mass is 10.00. The summed E-state index contributed by atoms with van der Waals surface area (Å²) in [5.74, 6) is 1.95. The van der Waals surface area contributed by atoms with Crippen molar-refractivity contribution >= 4 is 16.9 Å². The molecule has 1 atom stereocenters. The molecule has 0 bridgehead atoms. The Bertz CT molecular complexity index is 877. The van der Waals surface area contributed by atoms with Gasteiger partial charge in [0.25, 0.3) is 0 Å². The first-order valence-corrected chi connectivity index (χ1v) is 8.90. The lowest BCUT2D eigenvalue weighted by Crippen LogP contribution is -2.33. The molecule has 4 heterocycles.